The Morgan fingerprint density at radius 2 is 1.88 bits per heavy atom. The lowest BCUT2D eigenvalue weighted by atomic mass is 10.2. The first-order chi connectivity index (χ1) is 16.0. The van der Waals surface area contributed by atoms with Gasteiger partial charge in [-0.25, -0.2) is 9.36 Å². The number of thioether (sulfide) groups is 1. The zero-order valence-electron chi connectivity index (χ0n) is 17.6. The second-order valence-corrected chi connectivity index (χ2v) is 8.28. The molecule has 3 aromatic heterocycles. The number of nitrogens with one attached hydrogen (secondary N) is 1. The summed E-state index contributed by atoms with van der Waals surface area (Å²) in [5.41, 5.74) is 0.193. The molecule has 0 bridgehead atoms. The first-order valence-electron chi connectivity index (χ1n) is 10.2. The third-order valence-electron chi connectivity index (χ3n) is 5.29. The van der Waals surface area contributed by atoms with Crippen molar-refractivity contribution in [2.75, 3.05) is 11.6 Å². The van der Waals surface area contributed by atoms with Crippen molar-refractivity contribution in [3.8, 4) is 0 Å². The van der Waals surface area contributed by atoms with Crippen LogP contribution in [0.3, 0.4) is 0 Å². The van der Waals surface area contributed by atoms with Gasteiger partial charge in [0, 0.05) is 16.0 Å². The summed E-state index contributed by atoms with van der Waals surface area (Å²) in [5.74, 6) is 0.0414. The van der Waals surface area contributed by atoms with E-state index in [0.717, 1.165) is 9.46 Å². The monoisotopic (exact) mass is 461 g/mol. The Hall–Kier alpha value is -3.98. The van der Waals surface area contributed by atoms with E-state index in [-0.39, 0.29) is 18.7 Å². The fourth-order valence-corrected chi connectivity index (χ4v) is 4.24. The molecule has 2 aromatic carbocycles. The summed E-state index contributed by atoms with van der Waals surface area (Å²) in [6.45, 7) is -0.365. The van der Waals surface area contributed by atoms with Crippen LogP contribution >= 0.6 is 11.8 Å². The maximum Gasteiger partial charge on any atom is 0.332 e. The summed E-state index contributed by atoms with van der Waals surface area (Å²) < 4.78 is 13.4. The minimum absolute atomic E-state index is 0.0135. The minimum Gasteiger partial charge on any atom is -0.467 e. The van der Waals surface area contributed by atoms with Crippen molar-refractivity contribution in [3.05, 3.63) is 93.5 Å². The Morgan fingerprint density at radius 1 is 1.03 bits per heavy atom. The molecule has 166 valence electrons. The largest absolute Gasteiger partial charge is 0.467 e. The quantitative estimate of drug-likeness (QED) is 0.385. The van der Waals surface area contributed by atoms with Crippen molar-refractivity contribution in [1.29, 1.82) is 0 Å². The highest BCUT2D eigenvalue weighted by molar-refractivity contribution is 7.98. The predicted octanol–water partition coefficient (Wildman–Crippen LogP) is 3.91. The van der Waals surface area contributed by atoms with Gasteiger partial charge < -0.3 is 14.2 Å². The van der Waals surface area contributed by atoms with Gasteiger partial charge in [0.1, 0.15) is 23.4 Å². The van der Waals surface area contributed by atoms with Gasteiger partial charge in [-0.15, -0.1) is 11.8 Å². The molecular formula is C24H19N3O5S. The van der Waals surface area contributed by atoms with Gasteiger partial charge in [-0.05, 0) is 48.7 Å². The molecule has 3 heterocycles. The number of aromatic nitrogens is 2. The number of carbonyl (C=O) groups is 1. The molecule has 0 radical (unpaired) electrons. The molecule has 0 unspecified atom stereocenters. The highest BCUT2D eigenvalue weighted by Crippen LogP contribution is 2.26. The van der Waals surface area contributed by atoms with Crippen LogP contribution in [0.1, 0.15) is 5.76 Å². The molecule has 9 heteroatoms. The molecule has 0 saturated carbocycles. The number of hydrogen-bond donors (Lipinski definition) is 1. The lowest BCUT2D eigenvalue weighted by Gasteiger charge is -2.12. The van der Waals surface area contributed by atoms with Crippen LogP contribution in [0, 0.1) is 0 Å². The standard InChI is InChI=1S/C24H19N3O5S/c1-33-17-8-4-6-15(12-17)25-20(28)14-26-21-18-9-2-3-10-19(18)32-22(21)23(29)27(24(26)30)13-16-7-5-11-31-16/h2-12H,13-14H2,1H3,(H,25,28). The summed E-state index contributed by atoms with van der Waals surface area (Å²) in [4.78, 5) is 40.5. The average Bonchev–Trinajstić information content (AvgIpc) is 3.47. The summed E-state index contributed by atoms with van der Waals surface area (Å²) >= 11 is 1.56. The fourth-order valence-electron chi connectivity index (χ4n) is 3.79. The van der Waals surface area contributed by atoms with Crippen molar-refractivity contribution in [1.82, 2.24) is 9.13 Å². The van der Waals surface area contributed by atoms with Crippen LogP contribution in [0.25, 0.3) is 22.1 Å². The molecule has 0 aliphatic rings. The number of para-hydroxylation sites is 1. The molecular weight excluding hydrogens is 442 g/mol. The number of amides is 1. The van der Waals surface area contributed by atoms with Gasteiger partial charge >= 0.3 is 5.69 Å². The van der Waals surface area contributed by atoms with Gasteiger partial charge in [-0.3, -0.25) is 14.2 Å². The van der Waals surface area contributed by atoms with E-state index in [2.05, 4.69) is 5.32 Å². The molecule has 5 aromatic rings. The van der Waals surface area contributed by atoms with Crippen molar-refractivity contribution in [2.45, 2.75) is 18.0 Å². The third kappa shape index (κ3) is 3.87. The zero-order chi connectivity index (χ0) is 22.9. The SMILES string of the molecule is CSc1cccc(NC(=O)Cn2c(=O)n(Cc3ccco3)c(=O)c3oc4ccccc4c32)c1. The molecule has 8 nitrogen and oxygen atoms in total. The van der Waals surface area contributed by atoms with E-state index in [4.69, 9.17) is 8.83 Å². The van der Waals surface area contributed by atoms with Crippen molar-refractivity contribution < 1.29 is 13.6 Å². The molecule has 5 rings (SSSR count). The number of furan rings is 2. The van der Waals surface area contributed by atoms with Gasteiger partial charge in [-0.2, -0.15) is 0 Å². The van der Waals surface area contributed by atoms with Crippen molar-refractivity contribution >= 4 is 45.4 Å². The van der Waals surface area contributed by atoms with Crippen LogP contribution in [0.4, 0.5) is 5.69 Å². The Bertz CT molecular complexity index is 1590. The van der Waals surface area contributed by atoms with Gasteiger partial charge in [-0.1, -0.05) is 18.2 Å². The zero-order valence-corrected chi connectivity index (χ0v) is 18.4. The van der Waals surface area contributed by atoms with E-state index in [0.29, 0.717) is 27.9 Å². The molecule has 0 aliphatic heterocycles. The van der Waals surface area contributed by atoms with Gasteiger partial charge in [0.25, 0.3) is 5.56 Å². The van der Waals surface area contributed by atoms with Crippen molar-refractivity contribution in [2.24, 2.45) is 0 Å². The van der Waals surface area contributed by atoms with Gasteiger partial charge in [0.05, 0.1) is 12.8 Å². The summed E-state index contributed by atoms with van der Waals surface area (Å²) in [6, 6.07) is 17.8. The van der Waals surface area contributed by atoms with E-state index in [9.17, 15) is 14.4 Å². The molecule has 0 aliphatic carbocycles. The summed E-state index contributed by atoms with van der Waals surface area (Å²) in [7, 11) is 0. The highest BCUT2D eigenvalue weighted by Gasteiger charge is 2.21. The molecule has 33 heavy (non-hydrogen) atoms. The third-order valence-corrected chi connectivity index (χ3v) is 6.02. The average molecular weight is 461 g/mol. The maximum atomic E-state index is 13.4. The van der Waals surface area contributed by atoms with Crippen LogP contribution in [-0.4, -0.2) is 21.3 Å². The number of anilines is 1. The Labute approximate surface area is 191 Å². The first-order valence-corrected chi connectivity index (χ1v) is 11.4. The second-order valence-electron chi connectivity index (χ2n) is 7.40. The first kappa shape index (κ1) is 20.9. The lowest BCUT2D eigenvalue weighted by Crippen LogP contribution is -2.41. The number of hydrogen-bond acceptors (Lipinski definition) is 6. The highest BCUT2D eigenvalue weighted by atomic mass is 32.2. The Morgan fingerprint density at radius 3 is 2.67 bits per heavy atom. The van der Waals surface area contributed by atoms with Crippen LogP contribution in [0.5, 0.6) is 0 Å². The van der Waals surface area contributed by atoms with E-state index >= 15 is 0 Å². The topological polar surface area (TPSA) is 99.4 Å². The summed E-state index contributed by atoms with van der Waals surface area (Å²) in [6.07, 6.45) is 3.41. The lowest BCUT2D eigenvalue weighted by molar-refractivity contribution is -0.116. The Kier molecular flexibility index (Phi) is 5.39. The number of benzene rings is 2. The van der Waals surface area contributed by atoms with Crippen LogP contribution in [0.2, 0.25) is 0 Å². The van der Waals surface area contributed by atoms with Crippen molar-refractivity contribution in [3.63, 3.8) is 0 Å². The van der Waals surface area contributed by atoms with E-state index in [1.165, 1.54) is 10.8 Å². The number of fused-ring (bicyclic) bond motifs is 3. The van der Waals surface area contributed by atoms with Crippen LogP contribution in [-0.2, 0) is 17.9 Å². The van der Waals surface area contributed by atoms with E-state index in [1.807, 2.05) is 24.5 Å². The molecule has 0 atom stereocenters. The summed E-state index contributed by atoms with van der Waals surface area (Å²) in [5, 5.41) is 3.42. The molecule has 1 N–H and O–H groups in total. The number of rotatable bonds is 6. The minimum atomic E-state index is -0.622. The molecule has 1 amide bonds. The van der Waals surface area contributed by atoms with Gasteiger partial charge in [0.2, 0.25) is 11.5 Å². The van der Waals surface area contributed by atoms with Crippen LogP contribution < -0.4 is 16.6 Å². The Balaban J connectivity index is 1.63. The molecule has 0 saturated heterocycles. The smallest absolute Gasteiger partial charge is 0.332 e. The predicted molar refractivity (Wildman–Crippen MR) is 127 cm³/mol. The van der Waals surface area contributed by atoms with E-state index in [1.54, 1.807) is 54.2 Å². The second kappa shape index (κ2) is 8.51. The van der Waals surface area contributed by atoms with Crippen LogP contribution in [0.15, 0.2) is 90.2 Å². The number of nitrogens with zero attached hydrogens (tertiary/aromatic N) is 2. The van der Waals surface area contributed by atoms with Gasteiger partial charge in [0.15, 0.2) is 0 Å². The molecule has 0 spiro atoms. The van der Waals surface area contributed by atoms with E-state index < -0.39 is 17.2 Å². The fraction of sp³-hybridized carbons (Fsp3) is 0.125. The molecule has 0 fully saturated rings. The number of carbonyl (C=O) groups excluding carboxylic acids is 1. The maximum absolute atomic E-state index is 13.4. The normalized spacial score (nSPS) is 11.3.